The Balaban J connectivity index is 1.26. The Kier molecular flexibility index (Phi) is 5.55. The zero-order valence-corrected chi connectivity index (χ0v) is 17.3. The van der Waals surface area contributed by atoms with E-state index in [2.05, 4.69) is 26.9 Å². The lowest BCUT2D eigenvalue weighted by Gasteiger charge is -2.38. The van der Waals surface area contributed by atoms with Crippen molar-refractivity contribution in [2.24, 2.45) is 5.92 Å². The molecule has 1 atom stereocenters. The summed E-state index contributed by atoms with van der Waals surface area (Å²) in [6.07, 6.45) is 8.91. The van der Waals surface area contributed by atoms with E-state index < -0.39 is 0 Å². The molecule has 1 aromatic heterocycles. The fourth-order valence-corrected chi connectivity index (χ4v) is 5.27. The van der Waals surface area contributed by atoms with Gasteiger partial charge in [-0.25, -0.2) is 4.98 Å². The quantitative estimate of drug-likeness (QED) is 0.795. The Morgan fingerprint density at radius 1 is 1.03 bits per heavy atom. The molecule has 1 aliphatic carbocycles. The Bertz CT molecular complexity index is 891. The smallest absolute Gasteiger partial charge is 0.261 e. The number of fused-ring (bicyclic) bond motifs is 1. The van der Waals surface area contributed by atoms with Crippen LogP contribution in [0.25, 0.3) is 10.9 Å². The molecule has 1 unspecified atom stereocenters. The van der Waals surface area contributed by atoms with Gasteiger partial charge in [0.1, 0.15) is 0 Å². The minimum Gasteiger partial charge on any atom is -0.381 e. The summed E-state index contributed by atoms with van der Waals surface area (Å²) in [5.74, 6) is 0.696. The summed E-state index contributed by atoms with van der Waals surface area (Å²) in [6, 6.07) is 6.52. The van der Waals surface area contributed by atoms with Crippen molar-refractivity contribution in [3.8, 4) is 0 Å². The van der Waals surface area contributed by atoms with Gasteiger partial charge in [0.25, 0.3) is 5.56 Å². The topological polar surface area (TPSA) is 50.6 Å². The zero-order valence-electron chi connectivity index (χ0n) is 17.3. The standard InChI is InChI=1S/C23H32N4O2/c28-23-21-8-7-20(14-22(21)24-17-27(23)19-5-1-2-6-19)26-11-9-25(10-12-26)15-18-4-3-13-29-16-18/h7-8,14,17-19H,1-6,9-13,15-16H2. The first-order valence-electron chi connectivity index (χ1n) is 11.3. The molecule has 29 heavy (non-hydrogen) atoms. The molecule has 1 aromatic carbocycles. The highest BCUT2D eigenvalue weighted by Crippen LogP contribution is 2.29. The lowest BCUT2D eigenvalue weighted by molar-refractivity contribution is 0.0377. The van der Waals surface area contributed by atoms with E-state index in [0.717, 1.165) is 69.7 Å². The van der Waals surface area contributed by atoms with E-state index in [1.54, 1.807) is 6.33 Å². The van der Waals surface area contributed by atoms with Gasteiger partial charge in [0.2, 0.25) is 0 Å². The van der Waals surface area contributed by atoms with Crippen LogP contribution >= 0.6 is 0 Å². The number of hydrogen-bond donors (Lipinski definition) is 0. The van der Waals surface area contributed by atoms with Crippen LogP contribution in [0.4, 0.5) is 5.69 Å². The van der Waals surface area contributed by atoms with E-state index in [1.807, 2.05) is 10.6 Å². The molecule has 2 saturated heterocycles. The Labute approximate surface area is 172 Å². The maximum absolute atomic E-state index is 12.9. The van der Waals surface area contributed by atoms with Gasteiger partial charge in [0, 0.05) is 51.1 Å². The molecule has 0 radical (unpaired) electrons. The molecule has 5 rings (SSSR count). The van der Waals surface area contributed by atoms with Gasteiger partial charge in [-0.3, -0.25) is 14.3 Å². The third-order valence-corrected chi connectivity index (χ3v) is 6.99. The summed E-state index contributed by atoms with van der Waals surface area (Å²) in [7, 11) is 0. The second-order valence-corrected chi connectivity index (χ2v) is 8.97. The summed E-state index contributed by atoms with van der Waals surface area (Å²) in [5, 5.41) is 0.749. The molecular formula is C23H32N4O2. The predicted octanol–water partition coefficient (Wildman–Crippen LogP) is 3.06. The first-order chi connectivity index (χ1) is 14.3. The fraction of sp³-hybridized carbons (Fsp3) is 0.652. The molecule has 2 aromatic rings. The zero-order chi connectivity index (χ0) is 19.6. The number of piperazine rings is 1. The highest BCUT2D eigenvalue weighted by Gasteiger charge is 2.23. The molecule has 3 aliphatic rings. The van der Waals surface area contributed by atoms with Crippen molar-refractivity contribution >= 4 is 16.6 Å². The Morgan fingerprint density at radius 2 is 1.86 bits per heavy atom. The summed E-state index contributed by atoms with van der Waals surface area (Å²) < 4.78 is 7.50. The van der Waals surface area contributed by atoms with Crippen LogP contribution in [0.5, 0.6) is 0 Å². The van der Waals surface area contributed by atoms with Gasteiger partial charge in [0.15, 0.2) is 0 Å². The third kappa shape index (κ3) is 4.05. The second kappa shape index (κ2) is 8.44. The average Bonchev–Trinajstić information content (AvgIpc) is 3.30. The van der Waals surface area contributed by atoms with Crippen LogP contribution in [-0.2, 0) is 4.74 Å². The van der Waals surface area contributed by atoms with Crippen molar-refractivity contribution in [1.29, 1.82) is 0 Å². The van der Waals surface area contributed by atoms with Gasteiger partial charge < -0.3 is 9.64 Å². The van der Waals surface area contributed by atoms with Crippen molar-refractivity contribution in [3.63, 3.8) is 0 Å². The normalized spacial score (nSPS) is 24.4. The lowest BCUT2D eigenvalue weighted by atomic mass is 10.0. The Hall–Kier alpha value is -1.92. The van der Waals surface area contributed by atoms with Gasteiger partial charge in [0.05, 0.1) is 23.8 Å². The van der Waals surface area contributed by atoms with E-state index in [1.165, 1.54) is 31.4 Å². The van der Waals surface area contributed by atoms with Crippen molar-refractivity contribution < 1.29 is 4.74 Å². The minimum absolute atomic E-state index is 0.118. The van der Waals surface area contributed by atoms with Crippen LogP contribution in [0, 0.1) is 5.92 Å². The SMILES string of the molecule is O=c1c2ccc(N3CCN(CC4CCCOC4)CC3)cc2ncn1C1CCCC1. The van der Waals surface area contributed by atoms with Gasteiger partial charge >= 0.3 is 0 Å². The van der Waals surface area contributed by atoms with Crippen LogP contribution in [0.1, 0.15) is 44.6 Å². The third-order valence-electron chi connectivity index (χ3n) is 6.99. The summed E-state index contributed by atoms with van der Waals surface area (Å²) in [6.45, 7) is 7.25. The largest absolute Gasteiger partial charge is 0.381 e. The highest BCUT2D eigenvalue weighted by molar-refractivity contribution is 5.81. The fourth-order valence-electron chi connectivity index (χ4n) is 5.27. The molecule has 6 nitrogen and oxygen atoms in total. The summed E-state index contributed by atoms with van der Waals surface area (Å²) in [4.78, 5) is 22.6. The second-order valence-electron chi connectivity index (χ2n) is 8.97. The number of aromatic nitrogens is 2. The molecule has 1 saturated carbocycles. The molecule has 6 heteroatoms. The van der Waals surface area contributed by atoms with Crippen molar-refractivity contribution in [3.05, 3.63) is 34.9 Å². The van der Waals surface area contributed by atoms with Crippen LogP contribution in [0.15, 0.2) is 29.3 Å². The van der Waals surface area contributed by atoms with Crippen molar-refractivity contribution in [2.45, 2.75) is 44.6 Å². The van der Waals surface area contributed by atoms with E-state index in [9.17, 15) is 4.79 Å². The van der Waals surface area contributed by atoms with Crippen LogP contribution in [-0.4, -0.2) is 60.4 Å². The number of nitrogens with zero attached hydrogens (tertiary/aromatic N) is 4. The van der Waals surface area contributed by atoms with Crippen LogP contribution in [0.3, 0.4) is 0 Å². The average molecular weight is 397 g/mol. The Morgan fingerprint density at radius 3 is 2.62 bits per heavy atom. The van der Waals surface area contributed by atoms with Gasteiger partial charge in [-0.05, 0) is 49.8 Å². The maximum atomic E-state index is 12.9. The number of rotatable bonds is 4. The molecule has 0 N–H and O–H groups in total. The predicted molar refractivity (Wildman–Crippen MR) is 116 cm³/mol. The number of benzene rings is 1. The number of anilines is 1. The van der Waals surface area contributed by atoms with E-state index in [4.69, 9.17) is 4.74 Å². The molecule has 0 amide bonds. The first-order valence-corrected chi connectivity index (χ1v) is 11.3. The highest BCUT2D eigenvalue weighted by atomic mass is 16.5. The van der Waals surface area contributed by atoms with E-state index >= 15 is 0 Å². The molecule has 0 bridgehead atoms. The van der Waals surface area contributed by atoms with Crippen molar-refractivity contribution in [1.82, 2.24) is 14.5 Å². The van der Waals surface area contributed by atoms with Crippen molar-refractivity contribution in [2.75, 3.05) is 50.8 Å². The minimum atomic E-state index is 0.118. The molecular weight excluding hydrogens is 364 g/mol. The van der Waals surface area contributed by atoms with Gasteiger partial charge in [-0.2, -0.15) is 0 Å². The van der Waals surface area contributed by atoms with Gasteiger partial charge in [-0.15, -0.1) is 0 Å². The first kappa shape index (κ1) is 19.1. The summed E-state index contributed by atoms with van der Waals surface area (Å²) in [5.41, 5.74) is 2.13. The molecule has 0 spiro atoms. The van der Waals surface area contributed by atoms with Crippen LogP contribution < -0.4 is 10.5 Å². The molecule has 156 valence electrons. The number of hydrogen-bond acceptors (Lipinski definition) is 5. The van der Waals surface area contributed by atoms with Crippen LogP contribution in [0.2, 0.25) is 0 Å². The van der Waals surface area contributed by atoms with Gasteiger partial charge in [-0.1, -0.05) is 12.8 Å². The van der Waals surface area contributed by atoms with E-state index in [-0.39, 0.29) is 5.56 Å². The monoisotopic (exact) mass is 396 g/mol. The number of ether oxygens (including phenoxy) is 1. The lowest BCUT2D eigenvalue weighted by Crippen LogP contribution is -2.48. The molecule has 3 fully saturated rings. The molecule has 3 heterocycles. The van der Waals surface area contributed by atoms with E-state index in [0.29, 0.717) is 12.0 Å². The summed E-state index contributed by atoms with van der Waals surface area (Å²) >= 11 is 0. The molecule has 2 aliphatic heterocycles. The maximum Gasteiger partial charge on any atom is 0.261 e.